The molecule has 0 aliphatic rings. The van der Waals surface area contributed by atoms with E-state index in [4.69, 9.17) is 16.3 Å². The van der Waals surface area contributed by atoms with Crippen LogP contribution in [0.25, 0.3) is 21.1 Å². The SMILES string of the molecule is Cc1sc2nc([C@H](C)OC(=O)c3cc(Cl)nc4ccccc34)[nH]c(=O)c2c1C. The average Bonchev–Trinajstić information content (AvgIpc) is 2.95. The third-order valence-corrected chi connectivity index (χ3v) is 5.93. The highest BCUT2D eigenvalue weighted by Crippen LogP contribution is 2.28. The van der Waals surface area contributed by atoms with Crippen molar-refractivity contribution in [3.05, 3.63) is 67.7 Å². The van der Waals surface area contributed by atoms with Crippen molar-refractivity contribution >= 4 is 50.0 Å². The second-order valence-corrected chi connectivity index (χ2v) is 8.06. The summed E-state index contributed by atoms with van der Waals surface area (Å²) in [7, 11) is 0. The van der Waals surface area contributed by atoms with Crippen LogP contribution < -0.4 is 5.56 Å². The second kappa shape index (κ2) is 7.00. The molecule has 0 amide bonds. The summed E-state index contributed by atoms with van der Waals surface area (Å²) in [5.74, 6) is -0.258. The fourth-order valence-electron chi connectivity index (χ4n) is 3.06. The maximum Gasteiger partial charge on any atom is 0.339 e. The molecule has 0 saturated carbocycles. The molecule has 4 aromatic rings. The zero-order valence-electron chi connectivity index (χ0n) is 15.4. The van der Waals surface area contributed by atoms with Gasteiger partial charge in [-0.1, -0.05) is 29.8 Å². The van der Waals surface area contributed by atoms with Gasteiger partial charge in [-0.3, -0.25) is 4.79 Å². The number of nitrogens with zero attached hydrogens (tertiary/aromatic N) is 2. The van der Waals surface area contributed by atoms with Crippen molar-refractivity contribution in [1.82, 2.24) is 15.0 Å². The van der Waals surface area contributed by atoms with Crippen molar-refractivity contribution in [3.8, 4) is 0 Å². The lowest BCUT2D eigenvalue weighted by molar-refractivity contribution is 0.0322. The van der Waals surface area contributed by atoms with Gasteiger partial charge in [0.05, 0.1) is 16.5 Å². The fraction of sp³-hybridized carbons (Fsp3) is 0.200. The Labute approximate surface area is 169 Å². The highest BCUT2D eigenvalue weighted by Gasteiger charge is 2.21. The summed E-state index contributed by atoms with van der Waals surface area (Å²) < 4.78 is 5.57. The molecular formula is C20H16ClN3O3S. The number of esters is 1. The van der Waals surface area contributed by atoms with Gasteiger partial charge in [-0.25, -0.2) is 14.8 Å². The summed E-state index contributed by atoms with van der Waals surface area (Å²) in [5, 5.41) is 1.43. The predicted molar refractivity (Wildman–Crippen MR) is 110 cm³/mol. The third-order valence-electron chi connectivity index (χ3n) is 4.63. The van der Waals surface area contributed by atoms with Gasteiger partial charge in [-0.15, -0.1) is 11.3 Å². The van der Waals surface area contributed by atoms with Crippen molar-refractivity contribution in [3.63, 3.8) is 0 Å². The summed E-state index contributed by atoms with van der Waals surface area (Å²) >= 11 is 7.49. The molecule has 0 saturated heterocycles. The molecule has 0 bridgehead atoms. The number of carbonyl (C=O) groups excluding carboxylic acids is 1. The molecule has 28 heavy (non-hydrogen) atoms. The van der Waals surface area contributed by atoms with E-state index in [2.05, 4.69) is 15.0 Å². The van der Waals surface area contributed by atoms with Gasteiger partial charge >= 0.3 is 5.97 Å². The average molecular weight is 414 g/mol. The van der Waals surface area contributed by atoms with E-state index in [9.17, 15) is 9.59 Å². The first-order valence-electron chi connectivity index (χ1n) is 8.61. The number of nitrogens with one attached hydrogen (secondary N) is 1. The molecule has 1 atom stereocenters. The van der Waals surface area contributed by atoms with Crippen LogP contribution in [0.2, 0.25) is 5.15 Å². The Hall–Kier alpha value is -2.77. The number of ether oxygens (including phenoxy) is 1. The molecule has 142 valence electrons. The highest BCUT2D eigenvalue weighted by atomic mass is 35.5. The predicted octanol–water partition coefficient (Wildman–Crippen LogP) is 4.72. The summed E-state index contributed by atoms with van der Waals surface area (Å²) in [6, 6.07) is 8.66. The van der Waals surface area contributed by atoms with Gasteiger partial charge in [-0.2, -0.15) is 0 Å². The monoisotopic (exact) mass is 413 g/mol. The minimum atomic E-state index is -0.738. The van der Waals surface area contributed by atoms with E-state index in [1.807, 2.05) is 26.0 Å². The Balaban J connectivity index is 1.69. The number of rotatable bonds is 3. The molecule has 3 heterocycles. The maximum absolute atomic E-state index is 12.8. The zero-order chi connectivity index (χ0) is 20.0. The number of para-hydroxylation sites is 1. The number of thiophene rings is 1. The molecule has 0 radical (unpaired) electrons. The van der Waals surface area contributed by atoms with Gasteiger partial charge in [-0.05, 0) is 38.5 Å². The van der Waals surface area contributed by atoms with Crippen LogP contribution in [-0.4, -0.2) is 20.9 Å². The van der Waals surface area contributed by atoms with Gasteiger partial charge in [0.1, 0.15) is 9.98 Å². The van der Waals surface area contributed by atoms with E-state index >= 15 is 0 Å². The zero-order valence-corrected chi connectivity index (χ0v) is 16.9. The molecule has 0 fully saturated rings. The smallest absolute Gasteiger partial charge is 0.339 e. The van der Waals surface area contributed by atoms with Crippen molar-refractivity contribution < 1.29 is 9.53 Å². The summed E-state index contributed by atoms with van der Waals surface area (Å²) in [5.41, 5.74) is 1.60. The Morgan fingerprint density at radius 1 is 1.25 bits per heavy atom. The van der Waals surface area contributed by atoms with Crippen molar-refractivity contribution in [2.75, 3.05) is 0 Å². The molecule has 8 heteroatoms. The summed E-state index contributed by atoms with van der Waals surface area (Å²) in [6.45, 7) is 5.51. The van der Waals surface area contributed by atoms with E-state index in [1.165, 1.54) is 17.4 Å². The van der Waals surface area contributed by atoms with E-state index < -0.39 is 12.1 Å². The number of aryl methyl sites for hydroxylation is 2. The highest BCUT2D eigenvalue weighted by molar-refractivity contribution is 7.18. The Kier molecular flexibility index (Phi) is 4.64. The Bertz CT molecular complexity index is 1300. The van der Waals surface area contributed by atoms with Gasteiger partial charge in [0.15, 0.2) is 11.9 Å². The van der Waals surface area contributed by atoms with Gasteiger partial charge in [0.25, 0.3) is 5.56 Å². The number of benzene rings is 1. The lowest BCUT2D eigenvalue weighted by atomic mass is 10.1. The standard InChI is InChI=1S/C20H16ClN3O3S/c1-9-11(3)28-19-16(9)18(25)23-17(24-19)10(2)27-20(26)13-8-15(21)22-14-7-5-4-6-12(13)14/h4-8,10H,1-3H3,(H,23,24,25)/t10-/m0/s1. The normalized spacial score (nSPS) is 12.4. The molecule has 1 N–H and O–H groups in total. The van der Waals surface area contributed by atoms with Crippen molar-refractivity contribution in [2.24, 2.45) is 0 Å². The fourth-order valence-corrected chi connectivity index (χ4v) is 4.29. The molecule has 3 aromatic heterocycles. The van der Waals surface area contributed by atoms with E-state index in [0.717, 1.165) is 10.4 Å². The quantitative estimate of drug-likeness (QED) is 0.388. The van der Waals surface area contributed by atoms with Gasteiger partial charge in [0.2, 0.25) is 0 Å². The molecule has 0 aliphatic carbocycles. The first-order chi connectivity index (χ1) is 13.3. The third kappa shape index (κ3) is 3.16. The first kappa shape index (κ1) is 18.6. The molecular weight excluding hydrogens is 398 g/mol. The Morgan fingerprint density at radius 2 is 2.00 bits per heavy atom. The maximum atomic E-state index is 12.8. The number of pyridine rings is 1. The minimum absolute atomic E-state index is 0.204. The van der Waals surface area contributed by atoms with Crippen LogP contribution >= 0.6 is 22.9 Å². The van der Waals surface area contributed by atoms with Gasteiger partial charge < -0.3 is 9.72 Å². The van der Waals surface area contributed by atoms with Crippen LogP contribution in [0, 0.1) is 13.8 Å². The van der Waals surface area contributed by atoms with Crippen molar-refractivity contribution in [2.45, 2.75) is 26.9 Å². The molecule has 6 nitrogen and oxygen atoms in total. The summed E-state index contributed by atoms with van der Waals surface area (Å²) in [6.07, 6.45) is -0.738. The van der Waals surface area contributed by atoms with E-state index in [1.54, 1.807) is 19.1 Å². The van der Waals surface area contributed by atoms with E-state index in [0.29, 0.717) is 32.5 Å². The number of fused-ring (bicyclic) bond motifs is 2. The molecule has 4 rings (SSSR count). The number of halogens is 1. The molecule has 0 spiro atoms. The Morgan fingerprint density at radius 3 is 2.79 bits per heavy atom. The number of hydrogen-bond acceptors (Lipinski definition) is 6. The number of H-pyrrole nitrogens is 1. The molecule has 1 aromatic carbocycles. The summed E-state index contributed by atoms with van der Waals surface area (Å²) in [4.78, 5) is 38.3. The van der Waals surface area contributed by atoms with Crippen LogP contribution in [0.1, 0.15) is 39.7 Å². The molecule has 0 unspecified atom stereocenters. The van der Waals surface area contributed by atoms with Crippen LogP contribution in [0.4, 0.5) is 0 Å². The lowest BCUT2D eigenvalue weighted by Crippen LogP contribution is -2.17. The topological polar surface area (TPSA) is 84.9 Å². The van der Waals surface area contributed by atoms with Crippen LogP contribution in [0.5, 0.6) is 0 Å². The van der Waals surface area contributed by atoms with Crippen LogP contribution in [0.15, 0.2) is 35.1 Å². The van der Waals surface area contributed by atoms with Crippen molar-refractivity contribution in [1.29, 1.82) is 0 Å². The minimum Gasteiger partial charge on any atom is -0.451 e. The molecule has 0 aliphatic heterocycles. The first-order valence-corrected chi connectivity index (χ1v) is 9.80. The largest absolute Gasteiger partial charge is 0.451 e. The number of carbonyl (C=O) groups is 1. The lowest BCUT2D eigenvalue weighted by Gasteiger charge is -2.14. The van der Waals surface area contributed by atoms with E-state index in [-0.39, 0.29) is 10.7 Å². The number of aromatic nitrogens is 3. The van der Waals surface area contributed by atoms with Crippen LogP contribution in [-0.2, 0) is 4.74 Å². The number of hydrogen-bond donors (Lipinski definition) is 1. The van der Waals surface area contributed by atoms with Gasteiger partial charge in [0, 0.05) is 10.3 Å². The van der Waals surface area contributed by atoms with Crippen LogP contribution in [0.3, 0.4) is 0 Å². The number of aromatic amines is 1. The second-order valence-electron chi connectivity index (χ2n) is 6.47.